The van der Waals surface area contributed by atoms with Crippen LogP contribution in [0.25, 0.3) is 0 Å². The van der Waals surface area contributed by atoms with E-state index in [9.17, 15) is 9.59 Å². The quantitative estimate of drug-likeness (QED) is 0.745. The highest BCUT2D eigenvalue weighted by atomic mass is 16.5. The van der Waals surface area contributed by atoms with E-state index in [1.54, 1.807) is 13.8 Å². The molecule has 0 saturated heterocycles. The summed E-state index contributed by atoms with van der Waals surface area (Å²) in [5.41, 5.74) is 0.0469. The Balaban J connectivity index is 2.86. The van der Waals surface area contributed by atoms with Gasteiger partial charge >= 0.3 is 11.9 Å². The lowest BCUT2D eigenvalue weighted by atomic mass is 10.2. The largest absolute Gasteiger partial charge is 0.462 e. The molecule has 0 aliphatic heterocycles. The molecule has 82 valence electrons. The van der Waals surface area contributed by atoms with Crippen molar-refractivity contribution in [2.75, 3.05) is 13.2 Å². The summed E-state index contributed by atoms with van der Waals surface area (Å²) in [6, 6.07) is 0. The number of esters is 2. The third kappa shape index (κ3) is 2.55. The Morgan fingerprint density at radius 1 is 1.27 bits per heavy atom. The summed E-state index contributed by atoms with van der Waals surface area (Å²) in [4.78, 5) is 22.7. The van der Waals surface area contributed by atoms with Crippen molar-refractivity contribution in [1.29, 1.82) is 0 Å². The monoisotopic (exact) mass is 212 g/mol. The molecule has 0 saturated carbocycles. The van der Waals surface area contributed by atoms with Crippen molar-refractivity contribution in [3.05, 3.63) is 17.5 Å². The molecule has 15 heavy (non-hydrogen) atoms. The molecule has 0 aliphatic carbocycles. The molecule has 0 amide bonds. The van der Waals surface area contributed by atoms with Crippen molar-refractivity contribution in [3.8, 4) is 0 Å². The Labute approximate surface area is 86.6 Å². The van der Waals surface area contributed by atoms with Gasteiger partial charge in [-0.15, -0.1) is 0 Å². The number of nitrogens with one attached hydrogen (secondary N) is 1. The third-order valence-electron chi connectivity index (χ3n) is 1.60. The van der Waals surface area contributed by atoms with Crippen molar-refractivity contribution in [1.82, 2.24) is 10.2 Å². The second-order valence-electron chi connectivity index (χ2n) is 2.59. The van der Waals surface area contributed by atoms with E-state index in [0.717, 1.165) is 0 Å². The first-order valence-corrected chi connectivity index (χ1v) is 4.58. The molecular weight excluding hydrogens is 200 g/mol. The standard InChI is InChI=1S/C9H12N2O4/c1-3-14-8(12)6-5-10-11-7(6)9(13)15-4-2/h5H,3-4H2,1-2H3,(H,10,11). The van der Waals surface area contributed by atoms with E-state index in [1.165, 1.54) is 6.20 Å². The van der Waals surface area contributed by atoms with Gasteiger partial charge in [-0.05, 0) is 13.8 Å². The number of carbonyl (C=O) groups excluding carboxylic acids is 2. The summed E-state index contributed by atoms with van der Waals surface area (Å²) in [5, 5.41) is 6.06. The van der Waals surface area contributed by atoms with Gasteiger partial charge in [0.05, 0.1) is 13.2 Å². The van der Waals surface area contributed by atoms with Gasteiger partial charge in [0.2, 0.25) is 0 Å². The van der Waals surface area contributed by atoms with E-state index < -0.39 is 11.9 Å². The number of rotatable bonds is 4. The van der Waals surface area contributed by atoms with E-state index in [4.69, 9.17) is 9.47 Å². The topological polar surface area (TPSA) is 81.3 Å². The predicted octanol–water partition coefficient (Wildman–Crippen LogP) is 0.763. The van der Waals surface area contributed by atoms with E-state index >= 15 is 0 Å². The second kappa shape index (κ2) is 5.14. The third-order valence-corrected chi connectivity index (χ3v) is 1.60. The minimum Gasteiger partial charge on any atom is -0.462 e. The molecule has 0 aliphatic rings. The minimum atomic E-state index is -0.637. The van der Waals surface area contributed by atoms with E-state index in [-0.39, 0.29) is 24.5 Å². The summed E-state index contributed by atoms with van der Waals surface area (Å²) in [5.74, 6) is -1.23. The number of hydrogen-bond acceptors (Lipinski definition) is 5. The molecule has 0 fully saturated rings. The van der Waals surface area contributed by atoms with Gasteiger partial charge in [0, 0.05) is 6.20 Å². The van der Waals surface area contributed by atoms with Crippen molar-refractivity contribution in [2.24, 2.45) is 0 Å². The van der Waals surface area contributed by atoms with Gasteiger partial charge in [0.1, 0.15) is 5.56 Å². The lowest BCUT2D eigenvalue weighted by Gasteiger charge is -2.01. The first kappa shape index (κ1) is 11.2. The smallest absolute Gasteiger partial charge is 0.359 e. The fourth-order valence-electron chi connectivity index (χ4n) is 1.01. The maximum atomic E-state index is 11.3. The van der Waals surface area contributed by atoms with Crippen LogP contribution in [0.2, 0.25) is 0 Å². The maximum absolute atomic E-state index is 11.3. The van der Waals surface area contributed by atoms with E-state index in [0.29, 0.717) is 0 Å². The summed E-state index contributed by atoms with van der Waals surface area (Å²) in [7, 11) is 0. The van der Waals surface area contributed by atoms with E-state index in [2.05, 4.69) is 10.2 Å². The molecule has 1 rings (SSSR count). The summed E-state index contributed by atoms with van der Waals surface area (Å²) >= 11 is 0. The molecule has 1 aromatic rings. The first-order chi connectivity index (χ1) is 7.20. The Hall–Kier alpha value is -1.85. The first-order valence-electron chi connectivity index (χ1n) is 4.58. The molecule has 0 bridgehead atoms. The van der Waals surface area contributed by atoms with Gasteiger partial charge < -0.3 is 9.47 Å². The van der Waals surface area contributed by atoms with Crippen LogP contribution in [0.3, 0.4) is 0 Å². The second-order valence-corrected chi connectivity index (χ2v) is 2.59. The van der Waals surface area contributed by atoms with Crippen LogP contribution >= 0.6 is 0 Å². The van der Waals surface area contributed by atoms with Crippen LogP contribution in [0.15, 0.2) is 6.20 Å². The molecule has 6 nitrogen and oxygen atoms in total. The lowest BCUT2D eigenvalue weighted by Crippen LogP contribution is -2.12. The molecule has 1 aromatic heterocycles. The molecule has 0 radical (unpaired) electrons. The van der Waals surface area contributed by atoms with Crippen LogP contribution in [-0.2, 0) is 9.47 Å². The van der Waals surface area contributed by atoms with Crippen LogP contribution in [-0.4, -0.2) is 35.3 Å². The van der Waals surface area contributed by atoms with Gasteiger partial charge in [-0.25, -0.2) is 9.59 Å². The number of nitrogens with zero attached hydrogens (tertiary/aromatic N) is 1. The molecule has 0 aromatic carbocycles. The molecular formula is C9H12N2O4. The zero-order chi connectivity index (χ0) is 11.3. The van der Waals surface area contributed by atoms with Crippen LogP contribution in [0.4, 0.5) is 0 Å². The highest BCUT2D eigenvalue weighted by Crippen LogP contribution is 2.08. The van der Waals surface area contributed by atoms with Crippen molar-refractivity contribution < 1.29 is 19.1 Å². The number of H-pyrrole nitrogens is 1. The summed E-state index contributed by atoms with van der Waals surface area (Å²) < 4.78 is 9.47. The van der Waals surface area contributed by atoms with Crippen LogP contribution in [0.1, 0.15) is 34.7 Å². The average molecular weight is 212 g/mol. The Bertz CT molecular complexity index is 326. The zero-order valence-electron chi connectivity index (χ0n) is 8.57. The van der Waals surface area contributed by atoms with E-state index in [1.807, 2.05) is 0 Å². The zero-order valence-corrected chi connectivity index (χ0v) is 8.57. The van der Waals surface area contributed by atoms with Crippen LogP contribution in [0.5, 0.6) is 0 Å². The molecule has 1 heterocycles. The fourth-order valence-corrected chi connectivity index (χ4v) is 1.01. The SMILES string of the molecule is CCOC(=O)c1c[nH]nc1C(=O)OCC. The Kier molecular flexibility index (Phi) is 3.84. The highest BCUT2D eigenvalue weighted by Gasteiger charge is 2.21. The molecule has 0 unspecified atom stereocenters. The van der Waals surface area contributed by atoms with Crippen molar-refractivity contribution >= 4 is 11.9 Å². The number of aromatic nitrogens is 2. The number of carbonyl (C=O) groups is 2. The Morgan fingerprint density at radius 3 is 2.47 bits per heavy atom. The molecule has 1 N–H and O–H groups in total. The molecule has 0 spiro atoms. The van der Waals surface area contributed by atoms with Crippen LogP contribution in [0, 0.1) is 0 Å². The number of aromatic amines is 1. The fraction of sp³-hybridized carbons (Fsp3) is 0.444. The highest BCUT2D eigenvalue weighted by molar-refractivity contribution is 6.01. The minimum absolute atomic E-state index is 0.0460. The lowest BCUT2D eigenvalue weighted by molar-refractivity contribution is 0.0475. The predicted molar refractivity (Wildman–Crippen MR) is 50.5 cm³/mol. The van der Waals surface area contributed by atoms with Gasteiger partial charge in [-0.3, -0.25) is 5.10 Å². The van der Waals surface area contributed by atoms with Crippen LogP contribution < -0.4 is 0 Å². The number of hydrogen-bond donors (Lipinski definition) is 1. The number of ether oxygens (including phenoxy) is 2. The average Bonchev–Trinajstić information content (AvgIpc) is 2.66. The molecule has 0 atom stereocenters. The summed E-state index contributed by atoms with van der Waals surface area (Å²) in [6.45, 7) is 3.83. The Morgan fingerprint density at radius 2 is 1.87 bits per heavy atom. The summed E-state index contributed by atoms with van der Waals surface area (Å²) in [6.07, 6.45) is 1.31. The van der Waals surface area contributed by atoms with Gasteiger partial charge in [0.25, 0.3) is 0 Å². The van der Waals surface area contributed by atoms with Gasteiger partial charge in [0.15, 0.2) is 5.69 Å². The maximum Gasteiger partial charge on any atom is 0.359 e. The van der Waals surface area contributed by atoms with Gasteiger partial charge in [-0.2, -0.15) is 5.10 Å². The molecule has 6 heteroatoms. The normalized spacial score (nSPS) is 9.73. The van der Waals surface area contributed by atoms with Crippen molar-refractivity contribution in [3.63, 3.8) is 0 Å². The van der Waals surface area contributed by atoms with Gasteiger partial charge in [-0.1, -0.05) is 0 Å². The van der Waals surface area contributed by atoms with Crippen molar-refractivity contribution in [2.45, 2.75) is 13.8 Å².